The van der Waals surface area contributed by atoms with Gasteiger partial charge in [0, 0.05) is 35.4 Å². The number of fused-ring (bicyclic) bond motifs is 2. The van der Waals surface area contributed by atoms with E-state index in [1.165, 1.54) is 0 Å². The molecule has 1 unspecified atom stereocenters. The molecular weight excluding hydrogens is 516 g/mol. The van der Waals surface area contributed by atoms with E-state index in [0.717, 1.165) is 29.8 Å². The van der Waals surface area contributed by atoms with Gasteiger partial charge in [-0.25, -0.2) is 0 Å². The first-order valence-corrected chi connectivity index (χ1v) is 13.3. The fraction of sp³-hybridized carbons (Fsp3) is 0.300. The molecule has 3 aromatic carbocycles. The lowest BCUT2D eigenvalue weighted by Gasteiger charge is -2.22. The van der Waals surface area contributed by atoms with Crippen molar-refractivity contribution in [3.8, 4) is 11.5 Å². The second-order valence-electron chi connectivity index (χ2n) is 9.85. The smallest absolute Gasteiger partial charge is 0.238 e. The fourth-order valence-electron chi connectivity index (χ4n) is 4.86. The van der Waals surface area contributed by atoms with Gasteiger partial charge in [0.2, 0.25) is 11.8 Å². The molecule has 0 spiro atoms. The maximum Gasteiger partial charge on any atom is 0.238 e. The van der Waals surface area contributed by atoms with Crippen molar-refractivity contribution >= 4 is 46.2 Å². The van der Waals surface area contributed by atoms with Crippen LogP contribution >= 0.6 is 11.6 Å². The molecule has 9 heteroatoms. The molecule has 1 atom stereocenters. The molecule has 2 heterocycles. The van der Waals surface area contributed by atoms with Gasteiger partial charge >= 0.3 is 0 Å². The van der Waals surface area contributed by atoms with Crippen molar-refractivity contribution in [3.63, 3.8) is 0 Å². The average molecular weight is 547 g/mol. The molecule has 2 aliphatic rings. The van der Waals surface area contributed by atoms with Crippen LogP contribution in [0.25, 0.3) is 0 Å². The summed E-state index contributed by atoms with van der Waals surface area (Å²) < 4.78 is 11.5. The Balaban J connectivity index is 1.52. The Kier molecular flexibility index (Phi) is 7.86. The number of hydrogen-bond donors (Lipinski definition) is 1. The number of carbonyl (C=O) groups excluding carboxylic acids is 2. The minimum Gasteiger partial charge on any atom is -0.486 e. The molecule has 0 radical (unpaired) electrons. The molecule has 8 nitrogen and oxygen atoms in total. The summed E-state index contributed by atoms with van der Waals surface area (Å²) in [5.74, 6) is 0.446. The Morgan fingerprint density at radius 1 is 1.00 bits per heavy atom. The van der Waals surface area contributed by atoms with Crippen LogP contribution in [-0.2, 0) is 9.59 Å². The van der Waals surface area contributed by atoms with E-state index in [9.17, 15) is 9.59 Å². The van der Waals surface area contributed by atoms with E-state index in [4.69, 9.17) is 26.1 Å². The number of nitrogens with one attached hydrogen (secondary N) is 1. The quantitative estimate of drug-likeness (QED) is 0.389. The highest BCUT2D eigenvalue weighted by Gasteiger charge is 2.36. The molecule has 0 saturated carbocycles. The summed E-state index contributed by atoms with van der Waals surface area (Å²) in [6.07, 6.45) is 0.862. The zero-order chi connectivity index (χ0) is 27.5. The Morgan fingerprint density at radius 3 is 2.46 bits per heavy atom. The summed E-state index contributed by atoms with van der Waals surface area (Å²) in [4.78, 5) is 34.5. The number of carbonyl (C=O) groups is 2. The van der Waals surface area contributed by atoms with Crippen molar-refractivity contribution in [2.75, 3.05) is 50.6 Å². The van der Waals surface area contributed by atoms with E-state index < -0.39 is 5.92 Å². The molecule has 2 aliphatic heterocycles. The first-order valence-electron chi connectivity index (χ1n) is 12.9. The van der Waals surface area contributed by atoms with Crippen LogP contribution in [0.1, 0.15) is 30.4 Å². The van der Waals surface area contributed by atoms with Crippen LogP contribution in [0.2, 0.25) is 5.02 Å². The van der Waals surface area contributed by atoms with Crippen LogP contribution in [0.15, 0.2) is 65.7 Å². The number of hydrogen-bond acceptors (Lipinski definition) is 6. The van der Waals surface area contributed by atoms with Gasteiger partial charge in [-0.05, 0) is 87.2 Å². The largest absolute Gasteiger partial charge is 0.486 e. The second kappa shape index (κ2) is 11.5. The lowest BCUT2D eigenvalue weighted by atomic mass is 9.90. The highest BCUT2D eigenvalue weighted by atomic mass is 35.5. The van der Waals surface area contributed by atoms with Crippen LogP contribution < -0.4 is 19.7 Å². The lowest BCUT2D eigenvalue weighted by molar-refractivity contribution is -0.117. The monoisotopic (exact) mass is 546 g/mol. The van der Waals surface area contributed by atoms with Gasteiger partial charge in [0.15, 0.2) is 11.5 Å². The molecule has 0 fully saturated rings. The number of anilines is 2. The topological polar surface area (TPSA) is 83.5 Å². The van der Waals surface area contributed by atoms with Crippen molar-refractivity contribution in [3.05, 3.63) is 76.8 Å². The van der Waals surface area contributed by atoms with Crippen LogP contribution in [0.5, 0.6) is 11.5 Å². The fourth-order valence-corrected chi connectivity index (χ4v) is 5.04. The van der Waals surface area contributed by atoms with Crippen LogP contribution in [0.3, 0.4) is 0 Å². The lowest BCUT2D eigenvalue weighted by Crippen LogP contribution is -2.31. The summed E-state index contributed by atoms with van der Waals surface area (Å²) in [6, 6.07) is 18.5. The predicted octanol–water partition coefficient (Wildman–Crippen LogP) is 5.27. The highest BCUT2D eigenvalue weighted by molar-refractivity contribution is 6.31. The van der Waals surface area contributed by atoms with E-state index in [-0.39, 0.29) is 11.8 Å². The number of aliphatic imine (C=N–C) groups is 1. The van der Waals surface area contributed by atoms with Crippen LogP contribution in [-0.4, -0.2) is 62.8 Å². The van der Waals surface area contributed by atoms with Crippen LogP contribution in [0, 0.1) is 0 Å². The van der Waals surface area contributed by atoms with E-state index in [2.05, 4.69) is 10.2 Å². The van der Waals surface area contributed by atoms with Crippen LogP contribution in [0.4, 0.5) is 17.1 Å². The Bertz CT molecular complexity index is 1420. The molecule has 0 bridgehead atoms. The maximum atomic E-state index is 13.3. The normalized spacial score (nSPS) is 16.2. The van der Waals surface area contributed by atoms with Gasteiger partial charge in [-0.3, -0.25) is 14.6 Å². The first-order chi connectivity index (χ1) is 18.8. The SMILES string of the molecule is CC(=O)N(CCCN(C)C)c1ccc(N=C(c2ccc3c(c2)OCCO3)C2C(=O)Nc3cc(Cl)ccc32)cc1. The standard InChI is InChI=1S/C30H31ClN4O4/c1-19(36)35(14-4-13-34(2)3)23-9-7-22(8-10-23)32-29(20-5-12-26-27(17-20)39-16-15-38-26)28-24-11-6-21(31)18-25(24)33-30(28)37/h5-12,17-18,28H,4,13-16H2,1-3H3,(H,33,37). The van der Waals surface area contributed by atoms with Gasteiger partial charge in [0.25, 0.3) is 0 Å². The number of nitrogens with zero attached hydrogens (tertiary/aromatic N) is 3. The predicted molar refractivity (Wildman–Crippen MR) is 154 cm³/mol. The van der Waals surface area contributed by atoms with E-state index in [1.807, 2.05) is 62.6 Å². The summed E-state index contributed by atoms with van der Waals surface area (Å²) in [6.45, 7) is 4.04. The third-order valence-electron chi connectivity index (χ3n) is 6.74. The summed E-state index contributed by atoms with van der Waals surface area (Å²) in [5.41, 5.74) is 4.27. The Morgan fingerprint density at radius 2 is 1.74 bits per heavy atom. The van der Waals surface area contributed by atoms with Gasteiger partial charge in [-0.1, -0.05) is 17.7 Å². The molecular formula is C30H31ClN4O4. The minimum atomic E-state index is -0.640. The van der Waals surface area contributed by atoms with Crippen molar-refractivity contribution in [2.45, 2.75) is 19.3 Å². The molecule has 5 rings (SSSR count). The second-order valence-corrected chi connectivity index (χ2v) is 10.3. The molecule has 39 heavy (non-hydrogen) atoms. The van der Waals surface area contributed by atoms with Crippen molar-refractivity contribution < 1.29 is 19.1 Å². The number of benzene rings is 3. The first kappa shape index (κ1) is 26.7. The van der Waals surface area contributed by atoms with Crippen molar-refractivity contribution in [1.82, 2.24) is 4.90 Å². The average Bonchev–Trinajstić information content (AvgIpc) is 3.24. The molecule has 3 aromatic rings. The van der Waals surface area contributed by atoms with E-state index in [1.54, 1.807) is 24.0 Å². The molecule has 0 aliphatic carbocycles. The Labute approximate surface area is 233 Å². The number of rotatable bonds is 8. The van der Waals surface area contributed by atoms with E-state index in [0.29, 0.717) is 53.4 Å². The number of ether oxygens (including phenoxy) is 2. The van der Waals surface area contributed by atoms with Gasteiger partial charge in [-0.15, -0.1) is 0 Å². The number of amides is 2. The number of halogens is 1. The van der Waals surface area contributed by atoms with Gasteiger partial charge in [0.05, 0.1) is 11.4 Å². The summed E-state index contributed by atoms with van der Waals surface area (Å²) >= 11 is 6.19. The summed E-state index contributed by atoms with van der Waals surface area (Å²) in [7, 11) is 4.03. The molecule has 1 N–H and O–H groups in total. The zero-order valence-corrected chi connectivity index (χ0v) is 23.0. The van der Waals surface area contributed by atoms with Gasteiger partial charge in [0.1, 0.15) is 19.1 Å². The zero-order valence-electron chi connectivity index (χ0n) is 22.2. The minimum absolute atomic E-state index is 0.0140. The highest BCUT2D eigenvalue weighted by Crippen LogP contribution is 2.39. The van der Waals surface area contributed by atoms with Gasteiger partial charge < -0.3 is 24.6 Å². The van der Waals surface area contributed by atoms with E-state index >= 15 is 0 Å². The third-order valence-corrected chi connectivity index (χ3v) is 6.97. The molecule has 202 valence electrons. The molecule has 2 amide bonds. The summed E-state index contributed by atoms with van der Waals surface area (Å²) in [5, 5.41) is 3.49. The molecule has 0 saturated heterocycles. The van der Waals surface area contributed by atoms with Gasteiger partial charge in [-0.2, -0.15) is 0 Å². The van der Waals surface area contributed by atoms with Crippen molar-refractivity contribution in [1.29, 1.82) is 0 Å². The van der Waals surface area contributed by atoms with Crippen molar-refractivity contribution in [2.24, 2.45) is 4.99 Å². The third kappa shape index (κ3) is 5.92. The molecule has 0 aromatic heterocycles. The Hall–Kier alpha value is -3.88. The maximum absolute atomic E-state index is 13.3.